The topological polar surface area (TPSA) is 83.3 Å². The Morgan fingerprint density at radius 2 is 1.89 bits per heavy atom. The van der Waals surface area contributed by atoms with Crippen LogP contribution in [0.2, 0.25) is 0 Å². The molecule has 0 saturated heterocycles. The molecule has 140 valence electrons. The number of furan rings is 1. The summed E-state index contributed by atoms with van der Waals surface area (Å²) in [6, 6.07) is 13.0. The fourth-order valence-electron chi connectivity index (χ4n) is 2.69. The highest BCUT2D eigenvalue weighted by atomic mass is 16.3. The van der Waals surface area contributed by atoms with Gasteiger partial charge in [-0.2, -0.15) is 0 Å². The SMILES string of the molecule is CCN(CC)c1ccc(NC(=O)c2ccnc(NCc3ccco3)n2)cc1. The van der Waals surface area contributed by atoms with Crippen LogP contribution >= 0.6 is 0 Å². The molecule has 1 amide bonds. The van der Waals surface area contributed by atoms with Crippen molar-refractivity contribution in [2.45, 2.75) is 20.4 Å². The van der Waals surface area contributed by atoms with Gasteiger partial charge in [-0.15, -0.1) is 0 Å². The van der Waals surface area contributed by atoms with E-state index in [0.29, 0.717) is 18.2 Å². The monoisotopic (exact) mass is 365 g/mol. The lowest BCUT2D eigenvalue weighted by Gasteiger charge is -2.21. The van der Waals surface area contributed by atoms with Crippen molar-refractivity contribution in [3.8, 4) is 0 Å². The third kappa shape index (κ3) is 4.84. The molecule has 2 heterocycles. The lowest BCUT2D eigenvalue weighted by atomic mass is 10.2. The molecule has 2 aromatic heterocycles. The van der Waals surface area contributed by atoms with Gasteiger partial charge in [0.1, 0.15) is 11.5 Å². The fourth-order valence-corrected chi connectivity index (χ4v) is 2.69. The van der Waals surface area contributed by atoms with Gasteiger partial charge in [-0.1, -0.05) is 0 Å². The van der Waals surface area contributed by atoms with Crippen LogP contribution in [0.25, 0.3) is 0 Å². The summed E-state index contributed by atoms with van der Waals surface area (Å²) in [5, 5.41) is 5.90. The first-order valence-electron chi connectivity index (χ1n) is 8.95. The number of carbonyl (C=O) groups is 1. The first kappa shape index (κ1) is 18.4. The van der Waals surface area contributed by atoms with Crippen LogP contribution in [-0.4, -0.2) is 29.0 Å². The van der Waals surface area contributed by atoms with Crippen molar-refractivity contribution < 1.29 is 9.21 Å². The molecule has 2 N–H and O–H groups in total. The van der Waals surface area contributed by atoms with Gasteiger partial charge in [0.05, 0.1) is 12.8 Å². The smallest absolute Gasteiger partial charge is 0.274 e. The zero-order valence-electron chi connectivity index (χ0n) is 15.5. The molecule has 0 fully saturated rings. The van der Waals surface area contributed by atoms with Crippen molar-refractivity contribution in [1.29, 1.82) is 0 Å². The first-order valence-corrected chi connectivity index (χ1v) is 8.95. The largest absolute Gasteiger partial charge is 0.467 e. The van der Waals surface area contributed by atoms with Gasteiger partial charge in [-0.3, -0.25) is 4.79 Å². The molecule has 0 spiro atoms. The second-order valence-electron chi connectivity index (χ2n) is 5.87. The average molecular weight is 365 g/mol. The molecule has 0 aliphatic rings. The molecule has 0 unspecified atom stereocenters. The summed E-state index contributed by atoms with van der Waals surface area (Å²) in [6.45, 7) is 6.57. The van der Waals surface area contributed by atoms with Gasteiger partial charge in [0.15, 0.2) is 0 Å². The molecule has 7 nitrogen and oxygen atoms in total. The van der Waals surface area contributed by atoms with Crippen LogP contribution < -0.4 is 15.5 Å². The van der Waals surface area contributed by atoms with Crippen LogP contribution in [0.15, 0.2) is 59.3 Å². The van der Waals surface area contributed by atoms with Gasteiger partial charge in [-0.05, 0) is 56.3 Å². The van der Waals surface area contributed by atoms with E-state index in [1.807, 2.05) is 36.4 Å². The summed E-state index contributed by atoms with van der Waals surface area (Å²) in [5.74, 6) is 0.853. The van der Waals surface area contributed by atoms with Crippen molar-refractivity contribution in [2.24, 2.45) is 0 Å². The lowest BCUT2D eigenvalue weighted by molar-refractivity contribution is 0.102. The van der Waals surface area contributed by atoms with E-state index in [0.717, 1.165) is 30.2 Å². The summed E-state index contributed by atoms with van der Waals surface area (Å²) in [6.07, 6.45) is 3.16. The van der Waals surface area contributed by atoms with Crippen LogP contribution in [-0.2, 0) is 6.54 Å². The van der Waals surface area contributed by atoms with E-state index in [-0.39, 0.29) is 5.91 Å². The van der Waals surface area contributed by atoms with Crippen LogP contribution in [0.4, 0.5) is 17.3 Å². The highest BCUT2D eigenvalue weighted by Gasteiger charge is 2.10. The fraction of sp³-hybridized carbons (Fsp3) is 0.250. The van der Waals surface area contributed by atoms with Crippen LogP contribution in [0.3, 0.4) is 0 Å². The van der Waals surface area contributed by atoms with Crippen molar-refractivity contribution in [3.63, 3.8) is 0 Å². The molecule has 7 heteroatoms. The number of hydrogen-bond acceptors (Lipinski definition) is 6. The Labute approximate surface area is 158 Å². The molecule has 0 aliphatic carbocycles. The van der Waals surface area contributed by atoms with E-state index in [1.54, 1.807) is 18.5 Å². The van der Waals surface area contributed by atoms with E-state index >= 15 is 0 Å². The van der Waals surface area contributed by atoms with Gasteiger partial charge in [-0.25, -0.2) is 9.97 Å². The van der Waals surface area contributed by atoms with E-state index < -0.39 is 0 Å². The number of anilines is 3. The zero-order chi connectivity index (χ0) is 19.1. The zero-order valence-corrected chi connectivity index (χ0v) is 15.5. The predicted octanol–water partition coefficient (Wildman–Crippen LogP) is 3.78. The predicted molar refractivity (Wildman–Crippen MR) is 106 cm³/mol. The highest BCUT2D eigenvalue weighted by molar-refractivity contribution is 6.03. The molecule has 27 heavy (non-hydrogen) atoms. The number of hydrogen-bond donors (Lipinski definition) is 2. The van der Waals surface area contributed by atoms with E-state index in [9.17, 15) is 4.79 Å². The highest BCUT2D eigenvalue weighted by Crippen LogP contribution is 2.18. The van der Waals surface area contributed by atoms with Gasteiger partial charge in [0.25, 0.3) is 5.91 Å². The third-order valence-electron chi connectivity index (χ3n) is 4.14. The number of benzene rings is 1. The molecule has 3 aromatic rings. The molecule has 1 aromatic carbocycles. The number of carbonyl (C=O) groups excluding carboxylic acids is 1. The maximum atomic E-state index is 12.5. The molecular formula is C20H23N5O2. The standard InChI is InChI=1S/C20H23N5O2/c1-3-25(4-2)16-9-7-15(8-10-16)23-19(26)18-11-12-21-20(24-18)22-14-17-6-5-13-27-17/h5-13H,3-4,14H2,1-2H3,(H,23,26)(H,21,22,24). The van der Waals surface area contributed by atoms with Gasteiger partial charge >= 0.3 is 0 Å². The van der Waals surface area contributed by atoms with Crippen molar-refractivity contribution in [1.82, 2.24) is 9.97 Å². The van der Waals surface area contributed by atoms with Crippen LogP contribution in [0, 0.1) is 0 Å². The second kappa shape index (κ2) is 8.84. The van der Waals surface area contributed by atoms with E-state index in [4.69, 9.17) is 4.42 Å². The van der Waals surface area contributed by atoms with Gasteiger partial charge in [0, 0.05) is 30.7 Å². The Kier molecular flexibility index (Phi) is 6.04. The maximum Gasteiger partial charge on any atom is 0.274 e. The van der Waals surface area contributed by atoms with E-state index in [1.165, 1.54) is 0 Å². The van der Waals surface area contributed by atoms with Crippen molar-refractivity contribution in [3.05, 3.63) is 66.4 Å². The first-order chi connectivity index (χ1) is 13.2. The molecule has 0 radical (unpaired) electrons. The lowest BCUT2D eigenvalue weighted by Crippen LogP contribution is -2.21. The molecule has 0 aliphatic heterocycles. The minimum Gasteiger partial charge on any atom is -0.467 e. The molecule has 0 bridgehead atoms. The maximum absolute atomic E-state index is 12.5. The molecular weight excluding hydrogens is 342 g/mol. The average Bonchev–Trinajstić information content (AvgIpc) is 3.22. The Morgan fingerprint density at radius 1 is 1.11 bits per heavy atom. The number of rotatable bonds is 8. The van der Waals surface area contributed by atoms with Crippen LogP contribution in [0.5, 0.6) is 0 Å². The van der Waals surface area contributed by atoms with Gasteiger partial charge < -0.3 is 20.0 Å². The summed E-state index contributed by atoms with van der Waals surface area (Å²) >= 11 is 0. The molecule has 0 atom stereocenters. The summed E-state index contributed by atoms with van der Waals surface area (Å²) in [4.78, 5) is 23.1. The minimum absolute atomic E-state index is 0.283. The number of aromatic nitrogens is 2. The Hall–Kier alpha value is -3.35. The molecule has 3 rings (SSSR count). The number of nitrogens with one attached hydrogen (secondary N) is 2. The second-order valence-corrected chi connectivity index (χ2v) is 5.87. The summed E-state index contributed by atoms with van der Waals surface area (Å²) in [5.41, 5.74) is 2.14. The quantitative estimate of drug-likeness (QED) is 0.632. The summed E-state index contributed by atoms with van der Waals surface area (Å²) < 4.78 is 5.25. The number of nitrogens with zero attached hydrogens (tertiary/aromatic N) is 3. The Balaban J connectivity index is 1.63. The minimum atomic E-state index is -0.283. The van der Waals surface area contributed by atoms with Crippen LogP contribution in [0.1, 0.15) is 30.1 Å². The van der Waals surface area contributed by atoms with Crippen molar-refractivity contribution >= 4 is 23.2 Å². The van der Waals surface area contributed by atoms with E-state index in [2.05, 4.69) is 39.3 Å². The summed E-state index contributed by atoms with van der Waals surface area (Å²) in [7, 11) is 0. The van der Waals surface area contributed by atoms with Gasteiger partial charge in [0.2, 0.25) is 5.95 Å². The van der Waals surface area contributed by atoms with Crippen molar-refractivity contribution in [2.75, 3.05) is 28.6 Å². The third-order valence-corrected chi connectivity index (χ3v) is 4.14. The normalized spacial score (nSPS) is 10.4. The number of amides is 1. The Bertz CT molecular complexity index is 858. The Morgan fingerprint density at radius 3 is 2.56 bits per heavy atom. The molecule has 0 saturated carbocycles.